The molecule has 86 valence electrons. The number of hydrogen-bond donors (Lipinski definition) is 0. The highest BCUT2D eigenvalue weighted by molar-refractivity contribution is 9.09. The summed E-state index contributed by atoms with van der Waals surface area (Å²) in [6.07, 6.45) is 1.33. The third kappa shape index (κ3) is 5.91. The van der Waals surface area contributed by atoms with E-state index < -0.39 is 8.07 Å². The third-order valence-electron chi connectivity index (χ3n) is 2.31. The Kier molecular flexibility index (Phi) is 6.55. The molecule has 0 atom stereocenters. The molecule has 0 nitrogen and oxygen atoms in total. The van der Waals surface area contributed by atoms with Crippen molar-refractivity contribution in [2.24, 2.45) is 11.3 Å². The fourth-order valence-corrected chi connectivity index (χ4v) is 7.46. The van der Waals surface area contributed by atoms with Gasteiger partial charge in [-0.1, -0.05) is 71.4 Å². The van der Waals surface area contributed by atoms with E-state index in [1.54, 1.807) is 0 Å². The summed E-state index contributed by atoms with van der Waals surface area (Å²) in [7, 11) is -0.961. The summed E-state index contributed by atoms with van der Waals surface area (Å²) in [6.45, 7) is 12.0. The topological polar surface area (TPSA) is 0 Å². The van der Waals surface area contributed by atoms with Crippen molar-refractivity contribution in [2.75, 3.05) is 10.7 Å². The molecule has 0 aromatic rings. The SMILES string of the molecule is CC(C)CC(CBr)(CBr)C[Si](C)(C)C. The Balaban J connectivity index is 4.53. The number of halogens is 2. The van der Waals surface area contributed by atoms with Crippen LogP contribution in [-0.2, 0) is 0 Å². The summed E-state index contributed by atoms with van der Waals surface area (Å²) in [5.41, 5.74) is 0.485. The Labute approximate surface area is 108 Å². The Morgan fingerprint density at radius 1 is 1.07 bits per heavy atom. The quantitative estimate of drug-likeness (QED) is 0.462. The second-order valence-electron chi connectivity index (χ2n) is 6.10. The molecule has 0 aliphatic heterocycles. The van der Waals surface area contributed by atoms with Crippen molar-refractivity contribution in [3.63, 3.8) is 0 Å². The average Bonchev–Trinajstić information content (AvgIpc) is 1.99. The van der Waals surface area contributed by atoms with E-state index >= 15 is 0 Å². The van der Waals surface area contributed by atoms with Crippen LogP contribution in [0.2, 0.25) is 25.7 Å². The monoisotopic (exact) mass is 342 g/mol. The molecule has 0 saturated heterocycles. The lowest BCUT2D eigenvalue weighted by molar-refractivity contribution is 0.336. The van der Waals surface area contributed by atoms with Gasteiger partial charge in [0, 0.05) is 18.7 Å². The van der Waals surface area contributed by atoms with Gasteiger partial charge in [-0.2, -0.15) is 0 Å². The van der Waals surface area contributed by atoms with Crippen LogP contribution in [0.4, 0.5) is 0 Å². The number of rotatable bonds is 6. The first kappa shape index (κ1) is 15.2. The van der Waals surface area contributed by atoms with Crippen LogP contribution >= 0.6 is 31.9 Å². The van der Waals surface area contributed by atoms with E-state index in [0.29, 0.717) is 5.41 Å². The van der Waals surface area contributed by atoms with Gasteiger partial charge in [0.05, 0.1) is 0 Å². The average molecular weight is 344 g/mol. The largest absolute Gasteiger partial charge is 0.0922 e. The van der Waals surface area contributed by atoms with Gasteiger partial charge >= 0.3 is 0 Å². The van der Waals surface area contributed by atoms with E-state index in [2.05, 4.69) is 65.3 Å². The summed E-state index contributed by atoms with van der Waals surface area (Å²) in [5, 5.41) is 2.27. The highest BCUT2D eigenvalue weighted by atomic mass is 79.9. The minimum atomic E-state index is -0.961. The standard InChI is InChI=1S/C11H24Br2Si/c1-10(2)6-11(7-12,8-13)9-14(3,4)5/h10H,6-9H2,1-5H3. The molecule has 0 saturated carbocycles. The van der Waals surface area contributed by atoms with Crippen molar-refractivity contribution >= 4 is 39.9 Å². The Morgan fingerprint density at radius 3 is 1.71 bits per heavy atom. The summed E-state index contributed by atoms with van der Waals surface area (Å²) < 4.78 is 0. The van der Waals surface area contributed by atoms with Gasteiger partial charge in [-0.25, -0.2) is 0 Å². The summed E-state index contributed by atoms with van der Waals surface area (Å²) in [4.78, 5) is 0. The molecule has 0 spiro atoms. The lowest BCUT2D eigenvalue weighted by Crippen LogP contribution is -2.36. The van der Waals surface area contributed by atoms with Crippen molar-refractivity contribution in [3.05, 3.63) is 0 Å². The molecule has 0 N–H and O–H groups in total. The van der Waals surface area contributed by atoms with Crippen LogP contribution in [0.5, 0.6) is 0 Å². The zero-order chi connectivity index (χ0) is 11.4. The van der Waals surface area contributed by atoms with Crippen LogP contribution in [0.15, 0.2) is 0 Å². The van der Waals surface area contributed by atoms with Gasteiger partial charge in [0.1, 0.15) is 0 Å². The highest BCUT2D eigenvalue weighted by Gasteiger charge is 2.34. The van der Waals surface area contributed by atoms with E-state index in [1.807, 2.05) is 0 Å². The van der Waals surface area contributed by atoms with Gasteiger partial charge in [-0.05, 0) is 17.8 Å². The first-order valence-corrected chi connectivity index (χ1v) is 11.3. The van der Waals surface area contributed by atoms with E-state index in [9.17, 15) is 0 Å². The first-order valence-electron chi connectivity index (χ1n) is 5.37. The van der Waals surface area contributed by atoms with E-state index in [-0.39, 0.29) is 0 Å². The van der Waals surface area contributed by atoms with E-state index in [4.69, 9.17) is 0 Å². The third-order valence-corrected chi connectivity index (χ3v) is 6.50. The molecule has 0 aromatic heterocycles. The van der Waals surface area contributed by atoms with Crippen LogP contribution in [0.25, 0.3) is 0 Å². The normalized spacial score (nSPS) is 13.7. The maximum atomic E-state index is 3.71. The molecular weight excluding hydrogens is 320 g/mol. The van der Waals surface area contributed by atoms with Crippen molar-refractivity contribution in [1.82, 2.24) is 0 Å². The van der Waals surface area contributed by atoms with Crippen LogP contribution < -0.4 is 0 Å². The van der Waals surface area contributed by atoms with Crippen LogP contribution in [-0.4, -0.2) is 18.7 Å². The highest BCUT2D eigenvalue weighted by Crippen LogP contribution is 2.38. The molecular formula is C11H24Br2Si. The van der Waals surface area contributed by atoms with Gasteiger partial charge in [0.15, 0.2) is 0 Å². The molecule has 0 amide bonds. The zero-order valence-electron chi connectivity index (χ0n) is 10.2. The van der Waals surface area contributed by atoms with Gasteiger partial charge in [0.25, 0.3) is 0 Å². The molecule has 0 bridgehead atoms. The molecule has 0 radical (unpaired) electrons. The van der Waals surface area contributed by atoms with E-state index in [1.165, 1.54) is 12.5 Å². The van der Waals surface area contributed by atoms with Gasteiger partial charge in [0.2, 0.25) is 0 Å². The fraction of sp³-hybridized carbons (Fsp3) is 1.00. The van der Waals surface area contributed by atoms with Gasteiger partial charge < -0.3 is 0 Å². The molecule has 3 heteroatoms. The molecule has 0 rings (SSSR count). The minimum absolute atomic E-state index is 0.485. The molecule has 0 fully saturated rings. The fourth-order valence-electron chi connectivity index (χ4n) is 2.30. The minimum Gasteiger partial charge on any atom is -0.0922 e. The molecule has 0 heterocycles. The molecule has 0 unspecified atom stereocenters. The van der Waals surface area contributed by atoms with Crippen molar-refractivity contribution in [3.8, 4) is 0 Å². The molecule has 14 heavy (non-hydrogen) atoms. The Hall–Kier alpha value is 1.18. The lowest BCUT2D eigenvalue weighted by Gasteiger charge is -2.36. The predicted octanol–water partition coefficient (Wildman–Crippen LogP) is 5.15. The zero-order valence-corrected chi connectivity index (χ0v) is 14.3. The van der Waals surface area contributed by atoms with Crippen molar-refractivity contribution in [1.29, 1.82) is 0 Å². The predicted molar refractivity (Wildman–Crippen MR) is 77.6 cm³/mol. The van der Waals surface area contributed by atoms with E-state index in [0.717, 1.165) is 16.6 Å². The second kappa shape index (κ2) is 6.05. The maximum Gasteiger partial charge on any atom is 0.0448 e. The number of hydrogen-bond acceptors (Lipinski definition) is 0. The molecule has 0 aromatic carbocycles. The van der Waals surface area contributed by atoms with Crippen LogP contribution in [0.3, 0.4) is 0 Å². The van der Waals surface area contributed by atoms with Crippen molar-refractivity contribution in [2.45, 2.75) is 46.0 Å². The summed E-state index contributed by atoms with van der Waals surface area (Å²) in [5.74, 6) is 0.793. The number of alkyl halides is 2. The van der Waals surface area contributed by atoms with Crippen LogP contribution in [0.1, 0.15) is 20.3 Å². The first-order chi connectivity index (χ1) is 6.24. The van der Waals surface area contributed by atoms with Crippen LogP contribution in [0, 0.1) is 11.3 Å². The second-order valence-corrected chi connectivity index (χ2v) is 12.7. The Bertz CT molecular complexity index is 157. The molecule has 0 aliphatic carbocycles. The maximum absolute atomic E-state index is 3.71. The van der Waals surface area contributed by atoms with Crippen molar-refractivity contribution < 1.29 is 0 Å². The van der Waals surface area contributed by atoms with Gasteiger partial charge in [-0.3, -0.25) is 0 Å². The summed E-state index contributed by atoms with van der Waals surface area (Å²) in [6, 6.07) is 1.41. The smallest absolute Gasteiger partial charge is 0.0448 e. The summed E-state index contributed by atoms with van der Waals surface area (Å²) >= 11 is 7.41. The van der Waals surface area contributed by atoms with Gasteiger partial charge in [-0.15, -0.1) is 0 Å². The Morgan fingerprint density at radius 2 is 1.50 bits per heavy atom. The lowest BCUT2D eigenvalue weighted by atomic mass is 9.86. The molecule has 0 aliphatic rings.